The van der Waals surface area contributed by atoms with Gasteiger partial charge in [-0.3, -0.25) is 0 Å². The molecule has 0 aliphatic rings. The van der Waals surface area contributed by atoms with E-state index in [0.717, 1.165) is 22.6 Å². The molecule has 0 fully saturated rings. The van der Waals surface area contributed by atoms with Crippen LogP contribution >= 0.6 is 11.8 Å². The highest BCUT2D eigenvalue weighted by atomic mass is 32.2. The third kappa shape index (κ3) is 3.16. The van der Waals surface area contributed by atoms with Gasteiger partial charge in [0.2, 0.25) is 0 Å². The second kappa shape index (κ2) is 6.16. The largest absolute Gasteiger partial charge is 0.496 e. The minimum absolute atomic E-state index is 0.497. The van der Waals surface area contributed by atoms with Crippen LogP contribution in [0, 0.1) is 0 Å². The van der Waals surface area contributed by atoms with Crippen LogP contribution in [0.2, 0.25) is 0 Å². The third-order valence-corrected chi connectivity index (χ3v) is 3.91. The molecule has 0 bridgehead atoms. The summed E-state index contributed by atoms with van der Waals surface area (Å²) in [5.41, 5.74) is 0.898. The number of rotatable bonds is 5. The topological polar surface area (TPSA) is 29.5 Å². The third-order valence-electron chi connectivity index (χ3n) is 2.57. The van der Waals surface area contributed by atoms with Crippen LogP contribution in [0.1, 0.15) is 38.9 Å². The Balaban J connectivity index is 3.07. The van der Waals surface area contributed by atoms with E-state index in [9.17, 15) is 5.11 Å². The van der Waals surface area contributed by atoms with Gasteiger partial charge in [-0.2, -0.15) is 0 Å². The van der Waals surface area contributed by atoms with E-state index < -0.39 is 6.10 Å². The normalized spacial score (nSPS) is 14.6. The monoisotopic (exact) mass is 240 g/mol. The number of hydrogen-bond acceptors (Lipinski definition) is 3. The SMILES string of the molecule is CCC(C)Sc1cccc(OC)c1[C@H](C)O. The van der Waals surface area contributed by atoms with Gasteiger partial charge in [-0.15, -0.1) is 11.8 Å². The van der Waals surface area contributed by atoms with Crippen LogP contribution in [0.15, 0.2) is 23.1 Å². The Morgan fingerprint density at radius 1 is 1.38 bits per heavy atom. The number of benzene rings is 1. The number of aliphatic hydroxyl groups is 1. The number of methoxy groups -OCH3 is 1. The van der Waals surface area contributed by atoms with Crippen molar-refractivity contribution in [2.45, 2.75) is 43.4 Å². The maximum atomic E-state index is 9.81. The highest BCUT2D eigenvalue weighted by molar-refractivity contribution is 8.00. The minimum atomic E-state index is -0.497. The van der Waals surface area contributed by atoms with E-state index in [1.807, 2.05) is 18.2 Å². The predicted octanol–water partition coefficient (Wildman–Crippen LogP) is 3.64. The molecule has 2 nitrogen and oxygen atoms in total. The number of aliphatic hydroxyl groups excluding tert-OH is 1. The summed E-state index contributed by atoms with van der Waals surface area (Å²) in [6, 6.07) is 5.90. The molecule has 1 rings (SSSR count). The Kier molecular flexibility index (Phi) is 5.16. The molecule has 1 N–H and O–H groups in total. The zero-order valence-electron chi connectivity index (χ0n) is 10.4. The van der Waals surface area contributed by atoms with Crippen molar-refractivity contribution in [1.29, 1.82) is 0 Å². The molecule has 0 aromatic heterocycles. The summed E-state index contributed by atoms with van der Waals surface area (Å²) in [4.78, 5) is 1.11. The zero-order valence-corrected chi connectivity index (χ0v) is 11.2. The summed E-state index contributed by atoms with van der Waals surface area (Å²) in [5.74, 6) is 0.767. The molecule has 0 aliphatic heterocycles. The first-order valence-electron chi connectivity index (χ1n) is 5.61. The van der Waals surface area contributed by atoms with Crippen molar-refractivity contribution in [1.82, 2.24) is 0 Å². The lowest BCUT2D eigenvalue weighted by Gasteiger charge is -2.17. The van der Waals surface area contributed by atoms with Gasteiger partial charge in [0, 0.05) is 15.7 Å². The van der Waals surface area contributed by atoms with Crippen molar-refractivity contribution in [3.63, 3.8) is 0 Å². The highest BCUT2D eigenvalue weighted by Gasteiger charge is 2.15. The molecule has 0 aliphatic carbocycles. The van der Waals surface area contributed by atoms with Crippen LogP contribution < -0.4 is 4.74 Å². The first kappa shape index (κ1) is 13.4. The maximum absolute atomic E-state index is 9.81. The summed E-state index contributed by atoms with van der Waals surface area (Å²) in [6.07, 6.45) is 0.615. The van der Waals surface area contributed by atoms with Gasteiger partial charge in [-0.1, -0.05) is 19.9 Å². The second-order valence-electron chi connectivity index (χ2n) is 3.88. The van der Waals surface area contributed by atoms with E-state index in [-0.39, 0.29) is 0 Å². The van der Waals surface area contributed by atoms with Crippen LogP contribution in [0.3, 0.4) is 0 Å². The molecule has 0 heterocycles. The van der Waals surface area contributed by atoms with Crippen molar-refractivity contribution in [3.05, 3.63) is 23.8 Å². The molecule has 0 saturated carbocycles. The molecular weight excluding hydrogens is 220 g/mol. The van der Waals surface area contributed by atoms with E-state index >= 15 is 0 Å². The summed E-state index contributed by atoms with van der Waals surface area (Å²) in [6.45, 7) is 6.13. The Bertz CT molecular complexity index is 337. The number of hydrogen-bond donors (Lipinski definition) is 1. The molecule has 16 heavy (non-hydrogen) atoms. The van der Waals surface area contributed by atoms with E-state index in [2.05, 4.69) is 13.8 Å². The van der Waals surface area contributed by atoms with Gasteiger partial charge < -0.3 is 9.84 Å². The Labute approximate surface area is 102 Å². The number of ether oxygens (including phenoxy) is 1. The number of thioether (sulfide) groups is 1. The smallest absolute Gasteiger partial charge is 0.125 e. The summed E-state index contributed by atoms with van der Waals surface area (Å²) in [5, 5.41) is 10.4. The van der Waals surface area contributed by atoms with Gasteiger partial charge in [-0.25, -0.2) is 0 Å². The van der Waals surface area contributed by atoms with Gasteiger partial charge in [0.1, 0.15) is 5.75 Å². The van der Waals surface area contributed by atoms with Gasteiger partial charge in [-0.05, 0) is 25.5 Å². The van der Waals surface area contributed by atoms with Crippen LogP contribution in [0.4, 0.5) is 0 Å². The van der Waals surface area contributed by atoms with Gasteiger partial charge in [0.25, 0.3) is 0 Å². The van der Waals surface area contributed by atoms with Gasteiger partial charge in [0.05, 0.1) is 13.2 Å². The first-order valence-corrected chi connectivity index (χ1v) is 6.49. The van der Waals surface area contributed by atoms with Crippen molar-refractivity contribution in [2.24, 2.45) is 0 Å². The Morgan fingerprint density at radius 3 is 2.56 bits per heavy atom. The molecule has 0 radical (unpaired) electrons. The molecular formula is C13H20O2S. The fourth-order valence-corrected chi connectivity index (χ4v) is 2.67. The van der Waals surface area contributed by atoms with Crippen molar-refractivity contribution in [2.75, 3.05) is 7.11 Å². The minimum Gasteiger partial charge on any atom is -0.496 e. The Morgan fingerprint density at radius 2 is 2.06 bits per heavy atom. The average Bonchev–Trinajstić information content (AvgIpc) is 2.28. The summed E-state index contributed by atoms with van der Waals surface area (Å²) >= 11 is 1.79. The lowest BCUT2D eigenvalue weighted by Crippen LogP contribution is -2.01. The lowest BCUT2D eigenvalue weighted by molar-refractivity contribution is 0.191. The second-order valence-corrected chi connectivity index (χ2v) is 5.37. The Hall–Kier alpha value is -0.670. The van der Waals surface area contributed by atoms with Crippen LogP contribution in [-0.4, -0.2) is 17.5 Å². The average molecular weight is 240 g/mol. The quantitative estimate of drug-likeness (QED) is 0.797. The molecule has 3 heteroatoms. The fourth-order valence-electron chi connectivity index (χ4n) is 1.52. The van der Waals surface area contributed by atoms with Gasteiger partial charge >= 0.3 is 0 Å². The molecule has 90 valence electrons. The highest BCUT2D eigenvalue weighted by Crippen LogP contribution is 2.37. The molecule has 2 atom stereocenters. The first-order chi connectivity index (χ1) is 7.60. The molecule has 0 saturated heterocycles. The summed E-state index contributed by atoms with van der Waals surface area (Å²) in [7, 11) is 1.64. The molecule has 0 spiro atoms. The lowest BCUT2D eigenvalue weighted by atomic mass is 10.1. The van der Waals surface area contributed by atoms with Crippen LogP contribution in [-0.2, 0) is 0 Å². The van der Waals surface area contributed by atoms with E-state index in [1.54, 1.807) is 25.8 Å². The molecule has 1 aromatic rings. The van der Waals surface area contributed by atoms with Crippen molar-refractivity contribution < 1.29 is 9.84 Å². The predicted molar refractivity (Wildman–Crippen MR) is 69.2 cm³/mol. The fraction of sp³-hybridized carbons (Fsp3) is 0.538. The van der Waals surface area contributed by atoms with E-state index in [0.29, 0.717) is 5.25 Å². The summed E-state index contributed by atoms with van der Waals surface area (Å²) < 4.78 is 5.29. The van der Waals surface area contributed by atoms with E-state index in [4.69, 9.17) is 4.74 Å². The standard InChI is InChI=1S/C13H20O2S/c1-5-9(2)16-12-8-6-7-11(15-4)13(12)10(3)14/h6-10,14H,5H2,1-4H3/t9?,10-/m0/s1. The van der Waals surface area contributed by atoms with Gasteiger partial charge in [0.15, 0.2) is 0 Å². The molecule has 1 unspecified atom stereocenters. The van der Waals surface area contributed by atoms with Crippen LogP contribution in [0.5, 0.6) is 5.75 Å². The van der Waals surface area contributed by atoms with Crippen molar-refractivity contribution >= 4 is 11.8 Å². The molecule has 0 amide bonds. The van der Waals surface area contributed by atoms with Crippen molar-refractivity contribution in [3.8, 4) is 5.75 Å². The maximum Gasteiger partial charge on any atom is 0.125 e. The van der Waals surface area contributed by atoms with E-state index in [1.165, 1.54) is 0 Å². The van der Waals surface area contributed by atoms with Crippen LogP contribution in [0.25, 0.3) is 0 Å². The zero-order chi connectivity index (χ0) is 12.1. The molecule has 1 aromatic carbocycles.